The molecule has 0 unspecified atom stereocenters. The first-order valence-corrected chi connectivity index (χ1v) is 5.48. The van der Waals surface area contributed by atoms with Gasteiger partial charge in [0.15, 0.2) is 0 Å². The Balaban J connectivity index is 3.01. The number of carboxylic acid groups (broad SMARTS) is 1. The normalized spacial score (nSPS) is 10.5. The van der Waals surface area contributed by atoms with Gasteiger partial charge in [0.25, 0.3) is 0 Å². The lowest BCUT2D eigenvalue weighted by Crippen LogP contribution is -1.97. The van der Waals surface area contributed by atoms with Gasteiger partial charge in [-0.05, 0) is 38.1 Å². The highest BCUT2D eigenvalue weighted by Gasteiger charge is 2.03. The first-order valence-electron chi connectivity index (χ1n) is 5.48. The summed E-state index contributed by atoms with van der Waals surface area (Å²) in [7, 11) is 0. The number of hydrogen-bond donors (Lipinski definition) is 1. The van der Waals surface area contributed by atoms with Crippen molar-refractivity contribution in [2.24, 2.45) is 0 Å². The highest BCUT2D eigenvalue weighted by Crippen LogP contribution is 2.25. The van der Waals surface area contributed by atoms with E-state index in [0.717, 1.165) is 6.08 Å². The van der Waals surface area contributed by atoms with E-state index in [1.807, 2.05) is 13.8 Å². The molecule has 1 N–H and O–H groups in total. The second-order valence-corrected chi connectivity index (χ2v) is 3.24. The summed E-state index contributed by atoms with van der Waals surface area (Å²) in [4.78, 5) is 10.5. The Morgan fingerprint density at radius 1 is 1.29 bits per heavy atom. The van der Waals surface area contributed by atoms with Crippen LogP contribution in [0.4, 0.5) is 0 Å². The van der Waals surface area contributed by atoms with E-state index in [9.17, 15) is 4.79 Å². The second-order valence-electron chi connectivity index (χ2n) is 3.24. The molecule has 4 heteroatoms. The number of rotatable bonds is 6. The molecule has 0 spiro atoms. The van der Waals surface area contributed by atoms with Gasteiger partial charge in [-0.1, -0.05) is 0 Å². The van der Waals surface area contributed by atoms with Crippen molar-refractivity contribution in [3.63, 3.8) is 0 Å². The molecule has 0 bridgehead atoms. The fraction of sp³-hybridized carbons (Fsp3) is 0.308. The van der Waals surface area contributed by atoms with Gasteiger partial charge in [0, 0.05) is 11.6 Å². The molecular weight excluding hydrogens is 220 g/mol. The highest BCUT2D eigenvalue weighted by atomic mass is 16.5. The summed E-state index contributed by atoms with van der Waals surface area (Å²) >= 11 is 0. The van der Waals surface area contributed by atoms with Gasteiger partial charge in [-0.25, -0.2) is 4.79 Å². The van der Waals surface area contributed by atoms with Crippen LogP contribution < -0.4 is 9.47 Å². The number of benzene rings is 1. The summed E-state index contributed by atoms with van der Waals surface area (Å²) < 4.78 is 10.8. The predicted molar refractivity (Wildman–Crippen MR) is 65.4 cm³/mol. The topological polar surface area (TPSA) is 55.8 Å². The lowest BCUT2D eigenvalue weighted by atomic mass is 10.1. The predicted octanol–water partition coefficient (Wildman–Crippen LogP) is 2.58. The van der Waals surface area contributed by atoms with Crippen LogP contribution in [0.1, 0.15) is 19.4 Å². The SMILES string of the molecule is CCOc1ccc(OCC)c(C=CC(=O)O)c1. The van der Waals surface area contributed by atoms with Gasteiger partial charge in [0.1, 0.15) is 11.5 Å². The third-order valence-electron chi connectivity index (χ3n) is 2.00. The van der Waals surface area contributed by atoms with Crippen LogP contribution in [0, 0.1) is 0 Å². The van der Waals surface area contributed by atoms with Crippen molar-refractivity contribution >= 4 is 12.0 Å². The molecule has 1 aromatic carbocycles. The molecule has 92 valence electrons. The van der Waals surface area contributed by atoms with Gasteiger partial charge in [-0.3, -0.25) is 0 Å². The zero-order chi connectivity index (χ0) is 12.7. The zero-order valence-corrected chi connectivity index (χ0v) is 9.97. The Kier molecular flexibility index (Phi) is 5.07. The number of aliphatic carboxylic acids is 1. The summed E-state index contributed by atoms with van der Waals surface area (Å²) in [6, 6.07) is 5.33. The van der Waals surface area contributed by atoms with Crippen molar-refractivity contribution in [3.05, 3.63) is 29.8 Å². The highest BCUT2D eigenvalue weighted by molar-refractivity contribution is 5.86. The van der Waals surface area contributed by atoms with Gasteiger partial charge in [0.2, 0.25) is 0 Å². The lowest BCUT2D eigenvalue weighted by molar-refractivity contribution is -0.131. The first-order chi connectivity index (χ1) is 8.17. The Morgan fingerprint density at radius 2 is 2.00 bits per heavy atom. The standard InChI is InChI=1S/C13H16O4/c1-3-16-11-6-7-12(17-4-2)10(9-11)5-8-13(14)15/h5-9H,3-4H2,1-2H3,(H,14,15). The summed E-state index contributed by atoms with van der Waals surface area (Å²) in [5.74, 6) is 0.351. The molecule has 0 aliphatic heterocycles. The minimum atomic E-state index is -0.991. The van der Waals surface area contributed by atoms with Crippen LogP contribution >= 0.6 is 0 Å². The molecule has 0 atom stereocenters. The molecule has 0 aliphatic carbocycles. The fourth-order valence-corrected chi connectivity index (χ4v) is 1.36. The van der Waals surface area contributed by atoms with E-state index >= 15 is 0 Å². The van der Waals surface area contributed by atoms with Crippen LogP contribution in [0.5, 0.6) is 11.5 Å². The quantitative estimate of drug-likeness (QED) is 0.771. The Labute approximate surface area is 100 Å². The number of ether oxygens (including phenoxy) is 2. The Bertz CT molecular complexity index is 410. The number of carboxylic acids is 1. The van der Waals surface area contributed by atoms with E-state index in [0.29, 0.717) is 30.3 Å². The van der Waals surface area contributed by atoms with Gasteiger partial charge in [-0.15, -0.1) is 0 Å². The molecule has 0 aromatic heterocycles. The Hall–Kier alpha value is -1.97. The summed E-state index contributed by atoms with van der Waals surface area (Å²) in [6.45, 7) is 4.86. The maximum Gasteiger partial charge on any atom is 0.328 e. The first kappa shape index (κ1) is 13.1. The van der Waals surface area contributed by atoms with E-state index in [-0.39, 0.29) is 0 Å². The van der Waals surface area contributed by atoms with Crippen LogP contribution in [0.3, 0.4) is 0 Å². The molecule has 0 heterocycles. The zero-order valence-electron chi connectivity index (χ0n) is 9.97. The van der Waals surface area contributed by atoms with Gasteiger partial charge < -0.3 is 14.6 Å². The monoisotopic (exact) mass is 236 g/mol. The van der Waals surface area contributed by atoms with Crippen LogP contribution in [0.2, 0.25) is 0 Å². The van der Waals surface area contributed by atoms with Crippen LogP contribution in [0.25, 0.3) is 6.08 Å². The molecule has 17 heavy (non-hydrogen) atoms. The molecule has 1 rings (SSSR count). The van der Waals surface area contributed by atoms with Crippen LogP contribution in [-0.4, -0.2) is 24.3 Å². The van der Waals surface area contributed by atoms with E-state index in [2.05, 4.69) is 0 Å². The van der Waals surface area contributed by atoms with Crippen molar-refractivity contribution in [1.82, 2.24) is 0 Å². The minimum absolute atomic E-state index is 0.530. The summed E-state index contributed by atoms with van der Waals surface area (Å²) in [5, 5.41) is 8.61. The molecule has 1 aromatic rings. The third kappa shape index (κ3) is 4.18. The van der Waals surface area contributed by atoms with Crippen molar-refractivity contribution in [2.45, 2.75) is 13.8 Å². The average Bonchev–Trinajstić information content (AvgIpc) is 2.29. The van der Waals surface area contributed by atoms with Crippen molar-refractivity contribution < 1.29 is 19.4 Å². The van der Waals surface area contributed by atoms with Crippen molar-refractivity contribution in [1.29, 1.82) is 0 Å². The minimum Gasteiger partial charge on any atom is -0.494 e. The van der Waals surface area contributed by atoms with E-state index in [4.69, 9.17) is 14.6 Å². The molecule has 4 nitrogen and oxygen atoms in total. The van der Waals surface area contributed by atoms with Crippen molar-refractivity contribution in [3.8, 4) is 11.5 Å². The molecule has 0 saturated heterocycles. The Morgan fingerprint density at radius 3 is 2.59 bits per heavy atom. The van der Waals surface area contributed by atoms with Gasteiger partial charge in [0.05, 0.1) is 13.2 Å². The molecule has 0 radical (unpaired) electrons. The maximum absolute atomic E-state index is 10.5. The van der Waals surface area contributed by atoms with Crippen LogP contribution in [-0.2, 0) is 4.79 Å². The molecular formula is C13H16O4. The fourth-order valence-electron chi connectivity index (χ4n) is 1.36. The van der Waals surface area contributed by atoms with E-state index < -0.39 is 5.97 Å². The van der Waals surface area contributed by atoms with E-state index in [1.165, 1.54) is 6.08 Å². The third-order valence-corrected chi connectivity index (χ3v) is 2.00. The van der Waals surface area contributed by atoms with E-state index in [1.54, 1.807) is 18.2 Å². The van der Waals surface area contributed by atoms with Crippen molar-refractivity contribution in [2.75, 3.05) is 13.2 Å². The second kappa shape index (κ2) is 6.58. The smallest absolute Gasteiger partial charge is 0.328 e. The number of carbonyl (C=O) groups is 1. The largest absolute Gasteiger partial charge is 0.494 e. The van der Waals surface area contributed by atoms with Gasteiger partial charge in [-0.2, -0.15) is 0 Å². The molecule has 0 aliphatic rings. The molecule has 0 amide bonds. The summed E-state index contributed by atoms with van der Waals surface area (Å²) in [6.07, 6.45) is 2.57. The average molecular weight is 236 g/mol. The molecule has 0 fully saturated rings. The number of hydrogen-bond acceptors (Lipinski definition) is 3. The summed E-state index contributed by atoms with van der Waals surface area (Å²) in [5.41, 5.74) is 0.695. The maximum atomic E-state index is 10.5. The van der Waals surface area contributed by atoms with Crippen LogP contribution in [0.15, 0.2) is 24.3 Å². The van der Waals surface area contributed by atoms with Gasteiger partial charge >= 0.3 is 5.97 Å². The molecule has 0 saturated carbocycles. The lowest BCUT2D eigenvalue weighted by Gasteiger charge is -2.09.